The summed E-state index contributed by atoms with van der Waals surface area (Å²) in [5.41, 5.74) is 9.29. The first kappa shape index (κ1) is 17.0. The average molecular weight is 385 g/mol. The SMILES string of the molecule is NC(CNc1nnc(-c2ccc3[nH]ncc3c2)s1)Cc1ccccc1Cl. The first-order chi connectivity index (χ1) is 12.7. The van der Waals surface area contributed by atoms with E-state index in [1.54, 1.807) is 6.20 Å². The molecule has 8 heteroatoms. The maximum Gasteiger partial charge on any atom is 0.206 e. The highest BCUT2D eigenvalue weighted by Crippen LogP contribution is 2.28. The predicted octanol–water partition coefficient (Wildman–Crippen LogP) is 3.72. The molecule has 2 aromatic heterocycles. The Bertz CT molecular complexity index is 1030. The van der Waals surface area contributed by atoms with Crippen LogP contribution in [0.1, 0.15) is 5.56 Å². The van der Waals surface area contributed by atoms with Crippen molar-refractivity contribution >= 4 is 39.0 Å². The zero-order valence-corrected chi connectivity index (χ0v) is 15.4. The fraction of sp³-hybridized carbons (Fsp3) is 0.167. The molecule has 0 saturated heterocycles. The third-order valence-corrected chi connectivity index (χ3v) is 5.37. The van der Waals surface area contributed by atoms with Crippen LogP contribution in [0.5, 0.6) is 0 Å². The van der Waals surface area contributed by atoms with Crippen molar-refractivity contribution in [1.29, 1.82) is 0 Å². The molecule has 2 heterocycles. The van der Waals surface area contributed by atoms with Gasteiger partial charge in [0.1, 0.15) is 5.01 Å². The quantitative estimate of drug-likeness (QED) is 0.471. The largest absolute Gasteiger partial charge is 0.359 e. The number of hydrogen-bond donors (Lipinski definition) is 3. The van der Waals surface area contributed by atoms with Gasteiger partial charge in [-0.3, -0.25) is 5.10 Å². The molecular weight excluding hydrogens is 368 g/mol. The topological polar surface area (TPSA) is 92.5 Å². The van der Waals surface area contributed by atoms with E-state index < -0.39 is 0 Å². The molecule has 0 spiro atoms. The summed E-state index contributed by atoms with van der Waals surface area (Å²) in [5, 5.41) is 22.1. The minimum absolute atomic E-state index is 0.0652. The normalized spacial score (nSPS) is 12.4. The number of fused-ring (bicyclic) bond motifs is 1. The molecular formula is C18H17ClN6S. The van der Waals surface area contributed by atoms with E-state index in [2.05, 4.69) is 25.7 Å². The molecule has 0 fully saturated rings. The fourth-order valence-electron chi connectivity index (χ4n) is 2.72. The minimum atomic E-state index is -0.0652. The first-order valence-corrected chi connectivity index (χ1v) is 9.38. The van der Waals surface area contributed by atoms with E-state index in [4.69, 9.17) is 17.3 Å². The predicted molar refractivity (Wildman–Crippen MR) is 107 cm³/mol. The van der Waals surface area contributed by atoms with E-state index in [0.29, 0.717) is 13.0 Å². The number of aromatic amines is 1. The van der Waals surface area contributed by atoms with E-state index in [-0.39, 0.29) is 6.04 Å². The molecule has 0 bridgehead atoms. The van der Waals surface area contributed by atoms with Crippen LogP contribution in [0.25, 0.3) is 21.5 Å². The Hall–Kier alpha value is -2.48. The van der Waals surface area contributed by atoms with Crippen LogP contribution in [0.15, 0.2) is 48.7 Å². The van der Waals surface area contributed by atoms with Crippen LogP contribution < -0.4 is 11.1 Å². The van der Waals surface area contributed by atoms with Gasteiger partial charge in [-0.15, -0.1) is 10.2 Å². The lowest BCUT2D eigenvalue weighted by Gasteiger charge is -2.12. The second-order valence-corrected chi connectivity index (χ2v) is 7.41. The number of nitrogens with one attached hydrogen (secondary N) is 2. The lowest BCUT2D eigenvalue weighted by Crippen LogP contribution is -2.31. The van der Waals surface area contributed by atoms with Gasteiger partial charge in [0.15, 0.2) is 0 Å². The van der Waals surface area contributed by atoms with Crippen molar-refractivity contribution in [2.24, 2.45) is 5.73 Å². The van der Waals surface area contributed by atoms with Crippen LogP contribution >= 0.6 is 22.9 Å². The second-order valence-electron chi connectivity index (χ2n) is 6.02. The number of aromatic nitrogens is 4. The number of rotatable bonds is 6. The van der Waals surface area contributed by atoms with Gasteiger partial charge in [0.25, 0.3) is 0 Å². The molecule has 6 nitrogen and oxygen atoms in total. The number of nitrogens with two attached hydrogens (primary N) is 1. The summed E-state index contributed by atoms with van der Waals surface area (Å²) >= 11 is 7.69. The summed E-state index contributed by atoms with van der Waals surface area (Å²) in [6, 6.07) is 13.7. The van der Waals surface area contributed by atoms with Crippen LogP contribution in [0.4, 0.5) is 5.13 Å². The van der Waals surface area contributed by atoms with Crippen molar-refractivity contribution < 1.29 is 0 Å². The molecule has 0 radical (unpaired) electrons. The average Bonchev–Trinajstić information content (AvgIpc) is 3.30. The third kappa shape index (κ3) is 3.70. The van der Waals surface area contributed by atoms with Gasteiger partial charge in [0.05, 0.1) is 11.7 Å². The molecule has 4 rings (SSSR count). The number of anilines is 1. The van der Waals surface area contributed by atoms with Crippen molar-refractivity contribution in [2.45, 2.75) is 12.5 Å². The van der Waals surface area contributed by atoms with E-state index >= 15 is 0 Å². The Morgan fingerprint density at radius 1 is 1.19 bits per heavy atom. The van der Waals surface area contributed by atoms with Crippen LogP contribution in [0.3, 0.4) is 0 Å². The lowest BCUT2D eigenvalue weighted by molar-refractivity contribution is 0.698. The molecule has 1 atom stereocenters. The van der Waals surface area contributed by atoms with Crippen LogP contribution in [0, 0.1) is 0 Å². The molecule has 132 valence electrons. The van der Waals surface area contributed by atoms with Gasteiger partial charge in [-0.25, -0.2) is 0 Å². The van der Waals surface area contributed by atoms with E-state index in [1.807, 2.05) is 42.5 Å². The summed E-state index contributed by atoms with van der Waals surface area (Å²) < 4.78 is 0. The Kier molecular flexibility index (Phi) is 4.83. The smallest absolute Gasteiger partial charge is 0.206 e. The van der Waals surface area contributed by atoms with Gasteiger partial charge in [0.2, 0.25) is 5.13 Å². The van der Waals surface area contributed by atoms with Gasteiger partial charge in [0, 0.05) is 28.6 Å². The monoisotopic (exact) mass is 384 g/mol. The molecule has 1 unspecified atom stereocenters. The van der Waals surface area contributed by atoms with E-state index in [1.165, 1.54) is 11.3 Å². The standard InChI is InChI=1S/C18H17ClN6S/c19-15-4-2-1-3-11(15)8-14(20)10-21-18-25-24-17(26-18)12-5-6-16-13(7-12)9-22-23-16/h1-7,9,14H,8,10,20H2,(H,21,25)(H,22,23). The number of hydrogen-bond acceptors (Lipinski definition) is 6. The van der Waals surface area contributed by atoms with Gasteiger partial charge < -0.3 is 11.1 Å². The van der Waals surface area contributed by atoms with Crippen molar-refractivity contribution in [1.82, 2.24) is 20.4 Å². The third-order valence-electron chi connectivity index (χ3n) is 4.07. The van der Waals surface area contributed by atoms with Crippen molar-refractivity contribution in [3.05, 3.63) is 59.2 Å². The maximum absolute atomic E-state index is 6.22. The molecule has 2 aromatic carbocycles. The highest BCUT2D eigenvalue weighted by Gasteiger charge is 2.11. The van der Waals surface area contributed by atoms with Crippen LogP contribution in [-0.4, -0.2) is 33.0 Å². The summed E-state index contributed by atoms with van der Waals surface area (Å²) in [4.78, 5) is 0. The Morgan fingerprint density at radius 2 is 2.08 bits per heavy atom. The number of H-pyrrole nitrogens is 1. The van der Waals surface area contributed by atoms with Gasteiger partial charge in [-0.1, -0.05) is 41.1 Å². The highest BCUT2D eigenvalue weighted by molar-refractivity contribution is 7.18. The Balaban J connectivity index is 1.39. The summed E-state index contributed by atoms with van der Waals surface area (Å²) in [7, 11) is 0. The zero-order valence-electron chi connectivity index (χ0n) is 13.8. The molecule has 4 N–H and O–H groups in total. The number of nitrogens with zero attached hydrogens (tertiary/aromatic N) is 3. The molecule has 0 aliphatic carbocycles. The summed E-state index contributed by atoms with van der Waals surface area (Å²) in [6.07, 6.45) is 2.50. The van der Waals surface area contributed by atoms with E-state index in [9.17, 15) is 0 Å². The summed E-state index contributed by atoms with van der Waals surface area (Å²) in [6.45, 7) is 0.598. The number of benzene rings is 2. The lowest BCUT2D eigenvalue weighted by atomic mass is 10.1. The molecule has 26 heavy (non-hydrogen) atoms. The fourth-order valence-corrected chi connectivity index (χ4v) is 3.68. The highest BCUT2D eigenvalue weighted by atomic mass is 35.5. The molecule has 0 amide bonds. The molecule has 4 aromatic rings. The number of halogens is 1. The van der Waals surface area contributed by atoms with Crippen molar-refractivity contribution in [3.63, 3.8) is 0 Å². The second kappa shape index (κ2) is 7.41. The van der Waals surface area contributed by atoms with E-state index in [0.717, 1.165) is 37.2 Å². The Morgan fingerprint density at radius 3 is 2.96 bits per heavy atom. The molecule has 0 aliphatic rings. The zero-order chi connectivity index (χ0) is 17.9. The van der Waals surface area contributed by atoms with Gasteiger partial charge in [-0.05, 0) is 36.2 Å². The summed E-state index contributed by atoms with van der Waals surface area (Å²) in [5.74, 6) is 0. The molecule has 0 saturated carbocycles. The van der Waals surface area contributed by atoms with Crippen LogP contribution in [0.2, 0.25) is 5.02 Å². The first-order valence-electron chi connectivity index (χ1n) is 8.19. The maximum atomic E-state index is 6.22. The van der Waals surface area contributed by atoms with Crippen LogP contribution in [-0.2, 0) is 6.42 Å². The van der Waals surface area contributed by atoms with Crippen molar-refractivity contribution in [3.8, 4) is 10.6 Å². The Labute approximate surface area is 159 Å². The minimum Gasteiger partial charge on any atom is -0.359 e. The van der Waals surface area contributed by atoms with Gasteiger partial charge in [-0.2, -0.15) is 5.10 Å². The molecule has 0 aliphatic heterocycles. The van der Waals surface area contributed by atoms with Gasteiger partial charge >= 0.3 is 0 Å². The van der Waals surface area contributed by atoms with Crippen molar-refractivity contribution in [2.75, 3.05) is 11.9 Å².